The average Bonchev–Trinajstić information content (AvgIpc) is 2.46. The van der Waals surface area contributed by atoms with Crippen LogP contribution in [0.4, 0.5) is 5.69 Å². The highest BCUT2D eigenvalue weighted by Gasteiger charge is 2.27. The summed E-state index contributed by atoms with van der Waals surface area (Å²) in [6.45, 7) is 4.56. The minimum Gasteiger partial charge on any atom is -0.487 e. The number of fused-ring (bicyclic) bond motifs is 1. The fourth-order valence-electron chi connectivity index (χ4n) is 2.43. The second kappa shape index (κ2) is 5.00. The summed E-state index contributed by atoms with van der Waals surface area (Å²) in [5, 5.41) is 0. The summed E-state index contributed by atoms with van der Waals surface area (Å²) in [7, 11) is 0. The minimum absolute atomic E-state index is 0.000650. The monoisotopic (exact) mass is 267 g/mol. The lowest BCUT2D eigenvalue weighted by Gasteiger charge is -2.33. The zero-order chi connectivity index (χ0) is 14.1. The molecule has 0 saturated heterocycles. The highest BCUT2D eigenvalue weighted by Crippen LogP contribution is 2.33. The number of aryl methyl sites for hydroxylation is 1. The normalized spacial score (nSPS) is 17.3. The van der Waals surface area contributed by atoms with E-state index in [4.69, 9.17) is 4.74 Å². The highest BCUT2D eigenvalue weighted by atomic mass is 16.5. The number of benzene rings is 2. The molecule has 3 nitrogen and oxygen atoms in total. The van der Waals surface area contributed by atoms with Gasteiger partial charge in [-0.05, 0) is 38.1 Å². The summed E-state index contributed by atoms with van der Waals surface area (Å²) in [4.78, 5) is 14.5. The molecule has 1 aliphatic heterocycles. The third-order valence-corrected chi connectivity index (χ3v) is 3.47. The largest absolute Gasteiger partial charge is 0.487 e. The lowest BCUT2D eigenvalue weighted by Crippen LogP contribution is -2.42. The molecular weight excluding hydrogens is 250 g/mol. The van der Waals surface area contributed by atoms with Gasteiger partial charge in [0.1, 0.15) is 11.9 Å². The number of carbonyl (C=O) groups is 1. The lowest BCUT2D eigenvalue weighted by atomic mass is 10.1. The molecule has 1 aliphatic rings. The summed E-state index contributed by atoms with van der Waals surface area (Å²) in [6.07, 6.45) is -0.000650. The first-order chi connectivity index (χ1) is 9.65. The van der Waals surface area contributed by atoms with Crippen molar-refractivity contribution in [1.29, 1.82) is 0 Å². The Bertz CT molecular complexity index is 634. The number of amides is 1. The highest BCUT2D eigenvalue weighted by molar-refractivity contribution is 6.07. The predicted molar refractivity (Wildman–Crippen MR) is 79.4 cm³/mol. The van der Waals surface area contributed by atoms with Crippen LogP contribution in [0.25, 0.3) is 0 Å². The molecule has 0 saturated carbocycles. The molecule has 0 fully saturated rings. The molecule has 0 bridgehead atoms. The molecule has 3 heteroatoms. The Morgan fingerprint density at radius 1 is 1.15 bits per heavy atom. The number of hydrogen-bond donors (Lipinski definition) is 0. The van der Waals surface area contributed by atoms with Crippen molar-refractivity contribution in [2.75, 3.05) is 11.4 Å². The molecule has 1 heterocycles. The third-order valence-electron chi connectivity index (χ3n) is 3.47. The molecule has 0 aromatic heterocycles. The Balaban J connectivity index is 1.97. The molecule has 20 heavy (non-hydrogen) atoms. The number of para-hydroxylation sites is 2. The van der Waals surface area contributed by atoms with E-state index in [0.717, 1.165) is 17.0 Å². The fourth-order valence-corrected chi connectivity index (χ4v) is 2.43. The zero-order valence-corrected chi connectivity index (χ0v) is 11.7. The molecule has 0 N–H and O–H groups in total. The number of hydrogen-bond acceptors (Lipinski definition) is 2. The fraction of sp³-hybridized carbons (Fsp3) is 0.235. The van der Waals surface area contributed by atoms with Gasteiger partial charge in [-0.25, -0.2) is 0 Å². The van der Waals surface area contributed by atoms with E-state index in [9.17, 15) is 4.79 Å². The van der Waals surface area contributed by atoms with Gasteiger partial charge in [0, 0.05) is 5.56 Å². The average molecular weight is 267 g/mol. The quantitative estimate of drug-likeness (QED) is 0.792. The van der Waals surface area contributed by atoms with Crippen molar-refractivity contribution in [3.8, 4) is 5.75 Å². The second-order valence-electron chi connectivity index (χ2n) is 5.18. The topological polar surface area (TPSA) is 29.5 Å². The Hall–Kier alpha value is -2.29. The standard InChI is InChI=1S/C17H17NO2/c1-12-7-9-14(10-8-12)17(19)18-11-13(2)20-16-6-4-3-5-15(16)18/h3-10,13H,11H2,1-2H3/t13-/m0/s1. The molecule has 1 atom stereocenters. The van der Waals surface area contributed by atoms with Gasteiger partial charge in [0.2, 0.25) is 0 Å². The lowest BCUT2D eigenvalue weighted by molar-refractivity contribution is 0.0961. The van der Waals surface area contributed by atoms with E-state index < -0.39 is 0 Å². The maximum Gasteiger partial charge on any atom is 0.258 e. The van der Waals surface area contributed by atoms with Crippen molar-refractivity contribution in [3.63, 3.8) is 0 Å². The number of ether oxygens (including phenoxy) is 1. The smallest absolute Gasteiger partial charge is 0.258 e. The van der Waals surface area contributed by atoms with Crippen LogP contribution < -0.4 is 9.64 Å². The van der Waals surface area contributed by atoms with Crippen LogP contribution in [0.15, 0.2) is 48.5 Å². The van der Waals surface area contributed by atoms with Gasteiger partial charge in [0.25, 0.3) is 5.91 Å². The van der Waals surface area contributed by atoms with Crippen molar-refractivity contribution < 1.29 is 9.53 Å². The van der Waals surface area contributed by atoms with Crippen molar-refractivity contribution in [2.24, 2.45) is 0 Å². The summed E-state index contributed by atoms with van der Waals surface area (Å²) in [5.74, 6) is 0.791. The Morgan fingerprint density at radius 2 is 1.85 bits per heavy atom. The number of anilines is 1. The molecular formula is C17H17NO2. The maximum absolute atomic E-state index is 12.7. The summed E-state index contributed by atoms with van der Waals surface area (Å²) in [6, 6.07) is 15.3. The minimum atomic E-state index is -0.000650. The Morgan fingerprint density at radius 3 is 2.60 bits per heavy atom. The van der Waals surface area contributed by atoms with E-state index in [-0.39, 0.29) is 12.0 Å². The van der Waals surface area contributed by atoms with Crippen molar-refractivity contribution in [2.45, 2.75) is 20.0 Å². The van der Waals surface area contributed by atoms with Crippen LogP contribution in [-0.2, 0) is 0 Å². The first-order valence-electron chi connectivity index (χ1n) is 6.79. The summed E-state index contributed by atoms with van der Waals surface area (Å²) in [5.41, 5.74) is 2.70. The number of nitrogens with zero attached hydrogens (tertiary/aromatic N) is 1. The van der Waals surface area contributed by atoms with Crippen LogP contribution in [0, 0.1) is 6.92 Å². The van der Waals surface area contributed by atoms with Gasteiger partial charge in [0.15, 0.2) is 0 Å². The van der Waals surface area contributed by atoms with E-state index in [1.807, 2.05) is 62.4 Å². The van der Waals surface area contributed by atoms with E-state index in [2.05, 4.69) is 0 Å². The van der Waals surface area contributed by atoms with Gasteiger partial charge in [-0.2, -0.15) is 0 Å². The van der Waals surface area contributed by atoms with Gasteiger partial charge >= 0.3 is 0 Å². The van der Waals surface area contributed by atoms with E-state index >= 15 is 0 Å². The van der Waals surface area contributed by atoms with Crippen molar-refractivity contribution >= 4 is 11.6 Å². The molecule has 2 aromatic rings. The van der Waals surface area contributed by atoms with E-state index in [1.165, 1.54) is 0 Å². The summed E-state index contributed by atoms with van der Waals surface area (Å²) >= 11 is 0. The Labute approximate surface area is 118 Å². The van der Waals surface area contributed by atoms with Gasteiger partial charge in [0.05, 0.1) is 12.2 Å². The molecule has 2 aromatic carbocycles. The Kier molecular flexibility index (Phi) is 3.18. The predicted octanol–water partition coefficient (Wildman–Crippen LogP) is 3.42. The van der Waals surface area contributed by atoms with Gasteiger partial charge in [-0.3, -0.25) is 4.79 Å². The molecule has 0 aliphatic carbocycles. The van der Waals surface area contributed by atoms with Crippen LogP contribution in [-0.4, -0.2) is 18.6 Å². The van der Waals surface area contributed by atoms with E-state index in [0.29, 0.717) is 12.1 Å². The third kappa shape index (κ3) is 2.27. The van der Waals surface area contributed by atoms with Crippen LogP contribution in [0.3, 0.4) is 0 Å². The number of rotatable bonds is 1. The molecule has 0 radical (unpaired) electrons. The maximum atomic E-state index is 12.7. The van der Waals surface area contributed by atoms with Crippen LogP contribution >= 0.6 is 0 Å². The van der Waals surface area contributed by atoms with Gasteiger partial charge in [-0.15, -0.1) is 0 Å². The molecule has 1 amide bonds. The first kappa shape index (κ1) is 12.7. The molecule has 102 valence electrons. The van der Waals surface area contributed by atoms with Crippen LogP contribution in [0.1, 0.15) is 22.8 Å². The van der Waals surface area contributed by atoms with Crippen molar-refractivity contribution in [3.05, 3.63) is 59.7 Å². The molecule has 0 unspecified atom stereocenters. The van der Waals surface area contributed by atoms with Gasteiger partial charge in [-0.1, -0.05) is 29.8 Å². The molecule has 0 spiro atoms. The van der Waals surface area contributed by atoms with Crippen molar-refractivity contribution in [1.82, 2.24) is 0 Å². The van der Waals surface area contributed by atoms with Crippen LogP contribution in [0.5, 0.6) is 5.75 Å². The summed E-state index contributed by atoms with van der Waals surface area (Å²) < 4.78 is 5.77. The SMILES string of the molecule is Cc1ccc(C(=O)N2C[C@H](C)Oc3ccccc32)cc1. The zero-order valence-electron chi connectivity index (χ0n) is 11.7. The van der Waals surface area contributed by atoms with Gasteiger partial charge < -0.3 is 9.64 Å². The van der Waals surface area contributed by atoms with Crippen LogP contribution in [0.2, 0.25) is 0 Å². The first-order valence-corrected chi connectivity index (χ1v) is 6.79. The van der Waals surface area contributed by atoms with E-state index in [1.54, 1.807) is 4.90 Å². The second-order valence-corrected chi connectivity index (χ2v) is 5.18. The number of carbonyl (C=O) groups excluding carboxylic acids is 1. The molecule has 3 rings (SSSR count).